The van der Waals surface area contributed by atoms with Crippen LogP contribution in [0.5, 0.6) is 0 Å². The van der Waals surface area contributed by atoms with E-state index >= 15 is 0 Å². The molecular weight excluding hydrogens is 582 g/mol. The van der Waals surface area contributed by atoms with Crippen LogP contribution in [0.2, 0.25) is 5.02 Å². The molecule has 4 heterocycles. The van der Waals surface area contributed by atoms with Crippen LogP contribution in [-0.4, -0.2) is 56.0 Å². The van der Waals surface area contributed by atoms with E-state index in [-0.39, 0.29) is 12.4 Å². The molecule has 6 rings (SSSR count). The summed E-state index contributed by atoms with van der Waals surface area (Å²) in [4.78, 5) is 22.5. The highest BCUT2D eigenvalue weighted by Gasteiger charge is 2.21. The molecule has 1 aliphatic rings. The molecule has 0 bridgehead atoms. The summed E-state index contributed by atoms with van der Waals surface area (Å²) in [6, 6.07) is 11.7. The first kappa shape index (κ1) is 30.8. The molecule has 5 aromatic rings. The van der Waals surface area contributed by atoms with Gasteiger partial charge in [-0.15, -0.1) is 11.3 Å². The quantitative estimate of drug-likeness (QED) is 0.200. The molecule has 0 saturated heterocycles. The lowest BCUT2D eigenvalue weighted by molar-refractivity contribution is -0.142. The van der Waals surface area contributed by atoms with Crippen molar-refractivity contribution < 1.29 is 14.6 Å². The minimum absolute atomic E-state index is 0.189. The van der Waals surface area contributed by atoms with Crippen LogP contribution in [0.3, 0.4) is 0 Å². The molecule has 2 aromatic carbocycles. The number of esters is 1. The molecule has 2 N–H and O–H groups in total. The standard InChI is InChI=1S/C29H26ClN5O2S.C4H10O/c1-3-37-25(36)15-21-17(2)14-24-27(26(21)19-4-6-20(30)7-5-19)38-29(34-24)23-10-13-35-28(33-23)22(16-32-35)18-8-11-31-12-9-18;1-4(2,3)5/h4-8,10,13-14,16,31H,3,9,11-12,15H2,1-2H3;5H,1-3H3. The maximum absolute atomic E-state index is 12.5. The Bertz CT molecular complexity index is 1800. The molecule has 0 fully saturated rings. The minimum atomic E-state index is -0.500. The lowest BCUT2D eigenvalue weighted by Crippen LogP contribution is -2.20. The Kier molecular flexibility index (Phi) is 9.27. The first-order chi connectivity index (χ1) is 20.5. The van der Waals surface area contributed by atoms with Gasteiger partial charge in [0.15, 0.2) is 5.65 Å². The number of aliphatic hydroxyl groups is 1. The number of benzene rings is 2. The number of rotatable bonds is 6. The van der Waals surface area contributed by atoms with Gasteiger partial charge in [-0.1, -0.05) is 29.8 Å². The first-order valence-corrected chi connectivity index (χ1v) is 15.5. The zero-order valence-corrected chi connectivity index (χ0v) is 26.6. The highest BCUT2D eigenvalue weighted by molar-refractivity contribution is 7.22. The van der Waals surface area contributed by atoms with Gasteiger partial charge < -0.3 is 15.2 Å². The van der Waals surface area contributed by atoms with Crippen molar-refractivity contribution in [3.05, 3.63) is 76.6 Å². The Morgan fingerprint density at radius 2 is 1.93 bits per heavy atom. The van der Waals surface area contributed by atoms with Gasteiger partial charge in [0, 0.05) is 28.9 Å². The average Bonchev–Trinajstić information content (AvgIpc) is 3.58. The summed E-state index contributed by atoms with van der Waals surface area (Å²) in [5.74, 6) is -0.248. The summed E-state index contributed by atoms with van der Waals surface area (Å²) < 4.78 is 8.11. The third-order valence-electron chi connectivity index (χ3n) is 6.77. The normalized spacial score (nSPS) is 13.5. The Hall–Kier alpha value is -3.63. The number of aromatic nitrogens is 4. The largest absolute Gasteiger partial charge is 0.466 e. The summed E-state index contributed by atoms with van der Waals surface area (Å²) in [7, 11) is 0. The number of hydrogen-bond donors (Lipinski definition) is 2. The molecule has 8 nitrogen and oxygen atoms in total. The van der Waals surface area contributed by atoms with Crippen molar-refractivity contribution in [3.63, 3.8) is 0 Å². The second-order valence-electron chi connectivity index (χ2n) is 11.4. The van der Waals surface area contributed by atoms with Crippen LogP contribution >= 0.6 is 22.9 Å². The lowest BCUT2D eigenvalue weighted by Gasteiger charge is -2.14. The molecular formula is C33H36ClN5O3S. The SMILES string of the molecule is CC(C)(C)O.CCOC(=O)Cc1c(C)cc2nc(-c3ccn4ncc(C5=CCNCC5)c4n3)sc2c1-c1ccc(Cl)cc1. The van der Waals surface area contributed by atoms with Crippen molar-refractivity contribution in [1.82, 2.24) is 24.9 Å². The number of aryl methyl sites for hydroxylation is 1. The smallest absolute Gasteiger partial charge is 0.310 e. The predicted octanol–water partition coefficient (Wildman–Crippen LogP) is 6.89. The lowest BCUT2D eigenvalue weighted by atomic mass is 9.93. The maximum Gasteiger partial charge on any atom is 0.310 e. The number of hydrogen-bond acceptors (Lipinski definition) is 8. The van der Waals surface area contributed by atoms with E-state index in [1.54, 1.807) is 32.1 Å². The van der Waals surface area contributed by atoms with Crippen LogP contribution in [-0.2, 0) is 16.0 Å². The van der Waals surface area contributed by atoms with E-state index in [1.807, 2.05) is 67.2 Å². The zero-order chi connectivity index (χ0) is 30.7. The number of carbonyl (C=O) groups is 1. The average molecular weight is 618 g/mol. The Morgan fingerprint density at radius 3 is 2.60 bits per heavy atom. The van der Waals surface area contributed by atoms with Crippen molar-refractivity contribution in [3.8, 4) is 21.8 Å². The molecule has 1 aliphatic heterocycles. The summed E-state index contributed by atoms with van der Waals surface area (Å²) in [6.45, 7) is 11.2. The van der Waals surface area contributed by atoms with Gasteiger partial charge in [0.1, 0.15) is 10.7 Å². The van der Waals surface area contributed by atoms with Gasteiger partial charge in [-0.2, -0.15) is 5.10 Å². The Morgan fingerprint density at radius 1 is 1.19 bits per heavy atom. The molecule has 0 aliphatic carbocycles. The summed E-state index contributed by atoms with van der Waals surface area (Å²) in [5.41, 5.74) is 8.21. The number of thiazole rings is 1. The molecule has 0 amide bonds. The van der Waals surface area contributed by atoms with Crippen molar-refractivity contribution in [1.29, 1.82) is 0 Å². The number of nitrogens with one attached hydrogen (secondary N) is 1. The van der Waals surface area contributed by atoms with E-state index in [0.717, 1.165) is 73.9 Å². The van der Waals surface area contributed by atoms with Crippen LogP contribution < -0.4 is 5.32 Å². The molecule has 0 spiro atoms. The molecule has 0 radical (unpaired) electrons. The van der Waals surface area contributed by atoms with Crippen LogP contribution in [0.25, 0.3) is 43.3 Å². The summed E-state index contributed by atoms with van der Waals surface area (Å²) in [6.07, 6.45) is 7.17. The highest BCUT2D eigenvalue weighted by Crippen LogP contribution is 2.41. The fourth-order valence-corrected chi connectivity index (χ4v) is 6.17. The van der Waals surface area contributed by atoms with Gasteiger partial charge in [-0.05, 0) is 94.1 Å². The predicted molar refractivity (Wildman–Crippen MR) is 175 cm³/mol. The Labute approximate surface area is 260 Å². The minimum Gasteiger partial charge on any atom is -0.466 e. The third kappa shape index (κ3) is 7.30. The van der Waals surface area contributed by atoms with Gasteiger partial charge in [-0.3, -0.25) is 4.79 Å². The van der Waals surface area contributed by atoms with Crippen molar-refractivity contribution in [2.45, 2.75) is 53.1 Å². The number of carbonyl (C=O) groups excluding carboxylic acids is 1. The monoisotopic (exact) mass is 617 g/mol. The van der Waals surface area contributed by atoms with Gasteiger partial charge >= 0.3 is 5.97 Å². The zero-order valence-electron chi connectivity index (χ0n) is 25.1. The molecule has 224 valence electrons. The number of nitrogens with zero attached hydrogens (tertiary/aromatic N) is 4. The van der Waals surface area contributed by atoms with Gasteiger partial charge in [-0.25, -0.2) is 14.5 Å². The van der Waals surface area contributed by atoms with Crippen molar-refractivity contribution in [2.24, 2.45) is 0 Å². The molecule has 0 atom stereocenters. The van der Waals surface area contributed by atoms with Gasteiger partial charge in [0.25, 0.3) is 0 Å². The van der Waals surface area contributed by atoms with Crippen LogP contribution in [0.4, 0.5) is 0 Å². The molecule has 43 heavy (non-hydrogen) atoms. The topological polar surface area (TPSA) is 102 Å². The van der Waals surface area contributed by atoms with E-state index in [1.165, 1.54) is 5.57 Å². The van der Waals surface area contributed by atoms with Crippen LogP contribution in [0, 0.1) is 6.92 Å². The fraction of sp³-hybridized carbons (Fsp3) is 0.333. The summed E-state index contributed by atoms with van der Waals surface area (Å²) >= 11 is 7.78. The second-order valence-corrected chi connectivity index (χ2v) is 12.8. The van der Waals surface area contributed by atoms with E-state index in [4.69, 9.17) is 31.4 Å². The maximum atomic E-state index is 12.5. The second kappa shape index (κ2) is 12.9. The van der Waals surface area contributed by atoms with E-state index in [9.17, 15) is 4.79 Å². The molecule has 10 heteroatoms. The molecule has 0 unspecified atom stereocenters. The van der Waals surface area contributed by atoms with Crippen molar-refractivity contribution in [2.75, 3.05) is 19.7 Å². The first-order valence-electron chi connectivity index (χ1n) is 14.3. The number of fused-ring (bicyclic) bond motifs is 2. The molecule has 3 aromatic heterocycles. The number of ether oxygens (including phenoxy) is 1. The summed E-state index contributed by atoms with van der Waals surface area (Å²) in [5, 5.41) is 17.9. The van der Waals surface area contributed by atoms with E-state index in [0.29, 0.717) is 11.6 Å². The fourth-order valence-electron chi connectivity index (χ4n) is 4.93. The van der Waals surface area contributed by atoms with Gasteiger partial charge in [0.05, 0.1) is 35.0 Å². The Balaban J connectivity index is 0.000000682. The van der Waals surface area contributed by atoms with Gasteiger partial charge in [0.2, 0.25) is 0 Å². The van der Waals surface area contributed by atoms with Crippen molar-refractivity contribution >= 4 is 50.3 Å². The highest BCUT2D eigenvalue weighted by atomic mass is 35.5. The van der Waals surface area contributed by atoms with Crippen LogP contribution in [0.15, 0.2) is 54.9 Å². The molecule has 0 saturated carbocycles. The number of halogens is 1. The van der Waals surface area contributed by atoms with E-state index < -0.39 is 5.60 Å². The third-order valence-corrected chi connectivity index (χ3v) is 8.13. The van der Waals surface area contributed by atoms with E-state index in [2.05, 4.69) is 16.5 Å². The van der Waals surface area contributed by atoms with Crippen LogP contribution in [0.1, 0.15) is 50.8 Å².